The Morgan fingerprint density at radius 1 is 1.30 bits per heavy atom. The second-order valence-corrected chi connectivity index (χ2v) is 5.12. The van der Waals surface area contributed by atoms with E-state index in [2.05, 4.69) is 24.0 Å². The van der Waals surface area contributed by atoms with E-state index >= 15 is 0 Å². The highest BCUT2D eigenvalue weighted by Crippen LogP contribution is 2.14. The summed E-state index contributed by atoms with van der Waals surface area (Å²) in [5, 5.41) is 0. The average molecular weight is 271 g/mol. The van der Waals surface area contributed by atoms with E-state index in [1.165, 1.54) is 11.6 Å². The van der Waals surface area contributed by atoms with E-state index in [1.54, 1.807) is 17.8 Å². The fraction of sp³-hybridized carbons (Fsp3) is 0.375. The molecule has 1 unspecified atom stereocenters. The van der Waals surface area contributed by atoms with Crippen LogP contribution in [0, 0.1) is 6.92 Å². The Labute approximate surface area is 119 Å². The van der Waals surface area contributed by atoms with Crippen LogP contribution in [0.3, 0.4) is 0 Å². The van der Waals surface area contributed by atoms with Crippen LogP contribution in [-0.2, 0) is 13.0 Å². The average Bonchev–Trinajstić information content (AvgIpc) is 2.43. The number of nitrogens with zero attached hydrogens (tertiary/aromatic N) is 2. The molecule has 20 heavy (non-hydrogen) atoms. The Morgan fingerprint density at radius 3 is 2.60 bits per heavy atom. The van der Waals surface area contributed by atoms with Gasteiger partial charge in [0.2, 0.25) is 0 Å². The molecule has 0 saturated heterocycles. The largest absolute Gasteiger partial charge is 0.322 e. The summed E-state index contributed by atoms with van der Waals surface area (Å²) in [6.07, 6.45) is 3.77. The number of aryl methyl sites for hydroxylation is 2. The number of hydrogen-bond donors (Lipinski definition) is 1. The van der Waals surface area contributed by atoms with E-state index in [0.717, 1.165) is 24.1 Å². The number of hydrogen-bond acceptors (Lipinski definition) is 3. The molecule has 2 aromatic rings. The van der Waals surface area contributed by atoms with Gasteiger partial charge < -0.3 is 5.73 Å². The van der Waals surface area contributed by atoms with Crippen LogP contribution in [-0.4, -0.2) is 9.55 Å². The van der Waals surface area contributed by atoms with Gasteiger partial charge in [-0.3, -0.25) is 9.36 Å². The first kappa shape index (κ1) is 14.5. The first-order valence-electron chi connectivity index (χ1n) is 6.97. The van der Waals surface area contributed by atoms with Gasteiger partial charge in [-0.1, -0.05) is 37.6 Å². The lowest BCUT2D eigenvalue weighted by atomic mass is 10.0. The highest BCUT2D eigenvalue weighted by atomic mass is 16.1. The van der Waals surface area contributed by atoms with Crippen molar-refractivity contribution >= 4 is 0 Å². The molecule has 0 saturated carbocycles. The Hall–Kier alpha value is -1.94. The minimum atomic E-state index is -0.201. The van der Waals surface area contributed by atoms with Crippen LogP contribution in [0.5, 0.6) is 0 Å². The molecule has 0 aliphatic carbocycles. The van der Waals surface area contributed by atoms with Crippen LogP contribution in [0.15, 0.2) is 41.5 Å². The summed E-state index contributed by atoms with van der Waals surface area (Å²) in [5.41, 5.74) is 9.19. The Kier molecular flexibility index (Phi) is 4.69. The summed E-state index contributed by atoms with van der Waals surface area (Å²) in [4.78, 5) is 15.9. The maximum Gasteiger partial charge on any atom is 0.253 e. The molecule has 0 radical (unpaired) electrons. The van der Waals surface area contributed by atoms with Gasteiger partial charge in [-0.15, -0.1) is 0 Å². The van der Waals surface area contributed by atoms with Gasteiger partial charge >= 0.3 is 0 Å². The molecule has 0 fully saturated rings. The SMILES string of the molecule is CCCc1ccc(C(N)Cn2cnc(C)cc2=O)cc1. The Bertz CT molecular complexity index is 616. The first-order chi connectivity index (χ1) is 9.60. The quantitative estimate of drug-likeness (QED) is 0.907. The number of rotatable bonds is 5. The monoisotopic (exact) mass is 271 g/mol. The van der Waals surface area contributed by atoms with Crippen molar-refractivity contribution in [1.82, 2.24) is 9.55 Å². The van der Waals surface area contributed by atoms with Gasteiger partial charge in [-0.25, -0.2) is 4.98 Å². The normalized spacial score (nSPS) is 12.3. The summed E-state index contributed by atoms with van der Waals surface area (Å²) in [5.74, 6) is 0. The minimum absolute atomic E-state index is 0.0597. The van der Waals surface area contributed by atoms with Crippen LogP contribution < -0.4 is 11.3 Å². The second kappa shape index (κ2) is 6.48. The molecule has 106 valence electrons. The van der Waals surface area contributed by atoms with Crippen molar-refractivity contribution in [2.45, 2.75) is 39.3 Å². The fourth-order valence-electron chi connectivity index (χ4n) is 2.19. The molecular formula is C16H21N3O. The highest BCUT2D eigenvalue weighted by molar-refractivity contribution is 5.25. The smallest absolute Gasteiger partial charge is 0.253 e. The molecule has 0 aliphatic heterocycles. The van der Waals surface area contributed by atoms with E-state index in [-0.39, 0.29) is 11.6 Å². The molecule has 0 bridgehead atoms. The van der Waals surface area contributed by atoms with Gasteiger partial charge in [0.15, 0.2) is 0 Å². The van der Waals surface area contributed by atoms with E-state index in [0.29, 0.717) is 6.54 Å². The molecule has 1 aromatic heterocycles. The van der Waals surface area contributed by atoms with Crippen molar-refractivity contribution in [3.63, 3.8) is 0 Å². The van der Waals surface area contributed by atoms with Crippen molar-refractivity contribution in [3.05, 3.63) is 63.8 Å². The molecule has 2 rings (SSSR count). The van der Waals surface area contributed by atoms with Crippen molar-refractivity contribution in [3.8, 4) is 0 Å². The molecular weight excluding hydrogens is 250 g/mol. The molecule has 1 aromatic carbocycles. The summed E-state index contributed by atoms with van der Waals surface area (Å²) in [6, 6.07) is 9.62. The van der Waals surface area contributed by atoms with E-state index in [9.17, 15) is 4.79 Å². The summed E-state index contributed by atoms with van der Waals surface area (Å²) >= 11 is 0. The molecule has 1 heterocycles. The van der Waals surface area contributed by atoms with Gasteiger partial charge in [0, 0.05) is 24.3 Å². The fourth-order valence-corrected chi connectivity index (χ4v) is 2.19. The highest BCUT2D eigenvalue weighted by Gasteiger charge is 2.08. The minimum Gasteiger partial charge on any atom is -0.322 e. The predicted molar refractivity (Wildman–Crippen MR) is 80.6 cm³/mol. The van der Waals surface area contributed by atoms with Gasteiger partial charge in [-0.2, -0.15) is 0 Å². The predicted octanol–water partition coefficient (Wildman–Crippen LogP) is 2.20. The zero-order chi connectivity index (χ0) is 14.5. The molecule has 0 amide bonds. The third-order valence-corrected chi connectivity index (χ3v) is 3.36. The topological polar surface area (TPSA) is 60.9 Å². The van der Waals surface area contributed by atoms with Crippen molar-refractivity contribution in [2.24, 2.45) is 5.73 Å². The van der Waals surface area contributed by atoms with Crippen LogP contribution >= 0.6 is 0 Å². The zero-order valence-electron chi connectivity index (χ0n) is 12.0. The van der Waals surface area contributed by atoms with E-state index in [4.69, 9.17) is 5.73 Å². The van der Waals surface area contributed by atoms with Crippen LogP contribution in [0.4, 0.5) is 0 Å². The molecule has 1 atom stereocenters. The maximum atomic E-state index is 11.8. The summed E-state index contributed by atoms with van der Waals surface area (Å²) in [7, 11) is 0. The molecule has 4 nitrogen and oxygen atoms in total. The lowest BCUT2D eigenvalue weighted by Gasteiger charge is -2.14. The van der Waals surface area contributed by atoms with E-state index < -0.39 is 0 Å². The van der Waals surface area contributed by atoms with E-state index in [1.807, 2.05) is 12.1 Å². The summed E-state index contributed by atoms with van der Waals surface area (Å²) < 4.78 is 1.55. The number of nitrogens with two attached hydrogens (primary N) is 1. The van der Waals surface area contributed by atoms with Gasteiger partial charge in [-0.05, 0) is 24.5 Å². The van der Waals surface area contributed by atoms with Crippen LogP contribution in [0.25, 0.3) is 0 Å². The lowest BCUT2D eigenvalue weighted by molar-refractivity contribution is 0.552. The molecule has 2 N–H and O–H groups in total. The third-order valence-electron chi connectivity index (χ3n) is 3.36. The molecule has 0 aliphatic rings. The maximum absolute atomic E-state index is 11.8. The third kappa shape index (κ3) is 3.54. The number of benzene rings is 1. The molecule has 4 heteroatoms. The standard InChI is InChI=1S/C16H21N3O/c1-3-4-13-5-7-14(8-6-13)15(17)10-19-11-18-12(2)9-16(19)20/h5-9,11,15H,3-4,10,17H2,1-2H3. The van der Waals surface area contributed by atoms with Crippen LogP contribution in [0.1, 0.15) is 36.2 Å². The second-order valence-electron chi connectivity index (χ2n) is 5.12. The molecule has 0 spiro atoms. The van der Waals surface area contributed by atoms with Gasteiger partial charge in [0.05, 0.1) is 6.33 Å². The van der Waals surface area contributed by atoms with Crippen molar-refractivity contribution in [2.75, 3.05) is 0 Å². The summed E-state index contributed by atoms with van der Waals surface area (Å²) in [6.45, 7) is 4.41. The van der Waals surface area contributed by atoms with Gasteiger partial charge in [0.1, 0.15) is 0 Å². The number of aromatic nitrogens is 2. The van der Waals surface area contributed by atoms with Crippen molar-refractivity contribution < 1.29 is 0 Å². The van der Waals surface area contributed by atoms with Crippen molar-refractivity contribution in [1.29, 1.82) is 0 Å². The van der Waals surface area contributed by atoms with Crippen LogP contribution in [0.2, 0.25) is 0 Å². The first-order valence-corrected chi connectivity index (χ1v) is 6.97. The van der Waals surface area contributed by atoms with Gasteiger partial charge in [0.25, 0.3) is 5.56 Å². The lowest BCUT2D eigenvalue weighted by Crippen LogP contribution is -2.26. The Morgan fingerprint density at radius 2 is 2.00 bits per heavy atom. The Balaban J connectivity index is 2.11. The zero-order valence-corrected chi connectivity index (χ0v) is 12.0.